The Labute approximate surface area is 103 Å². The molecule has 4 nitrogen and oxygen atoms in total. The summed E-state index contributed by atoms with van der Waals surface area (Å²) in [5.41, 5.74) is 6.82. The van der Waals surface area contributed by atoms with Crippen LogP contribution in [0, 0.1) is 19.8 Å². The molecule has 0 atom stereocenters. The normalized spacial score (nSPS) is 24.6. The van der Waals surface area contributed by atoms with Gasteiger partial charge in [0.25, 0.3) is 0 Å². The largest absolute Gasteiger partial charge is 0.383 e. The first-order valence-corrected chi connectivity index (χ1v) is 6.43. The molecular formula is C13H22N4. The lowest BCUT2D eigenvalue weighted by Crippen LogP contribution is -2.26. The van der Waals surface area contributed by atoms with Crippen molar-refractivity contribution in [1.29, 1.82) is 0 Å². The van der Waals surface area contributed by atoms with Gasteiger partial charge in [-0.15, -0.1) is 0 Å². The van der Waals surface area contributed by atoms with Crippen LogP contribution in [0.3, 0.4) is 0 Å². The van der Waals surface area contributed by atoms with Gasteiger partial charge in [-0.1, -0.05) is 6.92 Å². The zero-order valence-electron chi connectivity index (χ0n) is 11.0. The van der Waals surface area contributed by atoms with Gasteiger partial charge in [-0.05, 0) is 45.4 Å². The fourth-order valence-electron chi connectivity index (χ4n) is 2.39. The number of anilines is 2. The van der Waals surface area contributed by atoms with Crippen LogP contribution in [0.15, 0.2) is 0 Å². The summed E-state index contributed by atoms with van der Waals surface area (Å²) in [6.45, 7) is 6.18. The smallest absolute Gasteiger partial charge is 0.134 e. The van der Waals surface area contributed by atoms with E-state index >= 15 is 0 Å². The first-order chi connectivity index (χ1) is 8.06. The van der Waals surface area contributed by atoms with Crippen LogP contribution in [0.5, 0.6) is 0 Å². The molecule has 0 amide bonds. The number of hydrogen-bond donors (Lipinski definition) is 2. The van der Waals surface area contributed by atoms with Crippen molar-refractivity contribution >= 4 is 11.6 Å². The third-order valence-electron chi connectivity index (χ3n) is 3.65. The van der Waals surface area contributed by atoms with E-state index in [4.69, 9.17) is 5.73 Å². The molecule has 0 bridgehead atoms. The van der Waals surface area contributed by atoms with Gasteiger partial charge in [0, 0.05) is 11.6 Å². The van der Waals surface area contributed by atoms with Crippen LogP contribution in [-0.4, -0.2) is 16.0 Å². The number of nitrogens with two attached hydrogens (primary N) is 1. The van der Waals surface area contributed by atoms with Crippen LogP contribution < -0.4 is 11.1 Å². The van der Waals surface area contributed by atoms with Crippen molar-refractivity contribution in [3.05, 3.63) is 11.4 Å². The molecule has 1 saturated carbocycles. The summed E-state index contributed by atoms with van der Waals surface area (Å²) in [5.74, 6) is 3.10. The van der Waals surface area contributed by atoms with Crippen LogP contribution in [0.4, 0.5) is 11.6 Å². The second kappa shape index (κ2) is 4.90. The van der Waals surface area contributed by atoms with Crippen molar-refractivity contribution in [2.45, 2.75) is 52.5 Å². The van der Waals surface area contributed by atoms with Crippen LogP contribution >= 0.6 is 0 Å². The lowest BCUT2D eigenvalue weighted by molar-refractivity contribution is 0.360. The minimum Gasteiger partial charge on any atom is -0.383 e. The Morgan fingerprint density at radius 1 is 1.12 bits per heavy atom. The Bertz CT molecular complexity index is 395. The lowest BCUT2D eigenvalue weighted by atomic mass is 9.87. The molecule has 1 aromatic heterocycles. The van der Waals surface area contributed by atoms with E-state index in [1.165, 1.54) is 25.7 Å². The highest BCUT2D eigenvalue weighted by Gasteiger charge is 2.19. The van der Waals surface area contributed by atoms with E-state index in [1.54, 1.807) is 0 Å². The minimum absolute atomic E-state index is 0.540. The molecule has 0 spiro atoms. The maximum Gasteiger partial charge on any atom is 0.134 e. The van der Waals surface area contributed by atoms with Gasteiger partial charge in [-0.2, -0.15) is 0 Å². The predicted octanol–water partition coefficient (Wildman–Crippen LogP) is 2.67. The first-order valence-electron chi connectivity index (χ1n) is 6.43. The Morgan fingerprint density at radius 3 is 2.41 bits per heavy atom. The summed E-state index contributed by atoms with van der Waals surface area (Å²) >= 11 is 0. The molecule has 0 unspecified atom stereocenters. The van der Waals surface area contributed by atoms with Gasteiger partial charge < -0.3 is 11.1 Å². The van der Waals surface area contributed by atoms with Crippen LogP contribution in [0.25, 0.3) is 0 Å². The first kappa shape index (κ1) is 12.1. The van der Waals surface area contributed by atoms with E-state index in [1.807, 2.05) is 13.8 Å². The van der Waals surface area contributed by atoms with Crippen molar-refractivity contribution in [3.63, 3.8) is 0 Å². The van der Waals surface area contributed by atoms with E-state index in [2.05, 4.69) is 22.2 Å². The summed E-state index contributed by atoms with van der Waals surface area (Å²) in [6, 6.07) is 0.540. The SMILES string of the molecule is Cc1nc(N)c(C)c(NC2CCC(C)CC2)n1. The highest BCUT2D eigenvalue weighted by Crippen LogP contribution is 2.27. The molecule has 4 heteroatoms. The molecule has 0 aliphatic heterocycles. The van der Waals surface area contributed by atoms with Crippen LogP contribution in [0.1, 0.15) is 44.0 Å². The second-order valence-corrected chi connectivity index (χ2v) is 5.23. The second-order valence-electron chi connectivity index (χ2n) is 5.23. The topological polar surface area (TPSA) is 63.8 Å². The maximum atomic E-state index is 5.86. The van der Waals surface area contributed by atoms with E-state index in [9.17, 15) is 0 Å². The number of nitrogens with one attached hydrogen (secondary N) is 1. The van der Waals surface area contributed by atoms with Crippen molar-refractivity contribution in [2.75, 3.05) is 11.1 Å². The predicted molar refractivity (Wildman–Crippen MR) is 71.0 cm³/mol. The van der Waals surface area contributed by atoms with Crippen molar-refractivity contribution < 1.29 is 0 Å². The van der Waals surface area contributed by atoms with Gasteiger partial charge in [-0.25, -0.2) is 9.97 Å². The molecule has 1 aromatic rings. The Hall–Kier alpha value is -1.32. The molecular weight excluding hydrogens is 212 g/mol. The molecule has 0 saturated heterocycles. The summed E-state index contributed by atoms with van der Waals surface area (Å²) < 4.78 is 0. The third kappa shape index (κ3) is 2.87. The average Bonchev–Trinajstić information content (AvgIpc) is 2.28. The fourth-order valence-corrected chi connectivity index (χ4v) is 2.39. The zero-order valence-corrected chi connectivity index (χ0v) is 11.0. The fraction of sp³-hybridized carbons (Fsp3) is 0.692. The number of rotatable bonds is 2. The monoisotopic (exact) mass is 234 g/mol. The summed E-state index contributed by atoms with van der Waals surface area (Å²) in [4.78, 5) is 8.61. The molecule has 2 rings (SSSR count). The van der Waals surface area contributed by atoms with Gasteiger partial charge in [0.1, 0.15) is 17.5 Å². The van der Waals surface area contributed by atoms with Crippen LogP contribution in [0.2, 0.25) is 0 Å². The van der Waals surface area contributed by atoms with E-state index < -0.39 is 0 Å². The highest BCUT2D eigenvalue weighted by molar-refractivity contribution is 5.55. The van der Waals surface area contributed by atoms with Gasteiger partial charge in [0.2, 0.25) is 0 Å². The number of nitrogens with zero attached hydrogens (tertiary/aromatic N) is 2. The zero-order chi connectivity index (χ0) is 12.4. The molecule has 1 aliphatic carbocycles. The molecule has 0 radical (unpaired) electrons. The molecule has 94 valence electrons. The standard InChI is InChI=1S/C13H22N4/c1-8-4-6-11(7-5-8)17-13-9(2)12(14)15-10(3)16-13/h8,11H,4-7H2,1-3H3,(H3,14,15,16,17). The lowest BCUT2D eigenvalue weighted by Gasteiger charge is -2.28. The van der Waals surface area contributed by atoms with Gasteiger partial charge in [0.05, 0.1) is 0 Å². The molecule has 1 aliphatic rings. The van der Waals surface area contributed by atoms with Gasteiger partial charge in [-0.3, -0.25) is 0 Å². The Balaban J connectivity index is 2.08. The third-order valence-corrected chi connectivity index (χ3v) is 3.65. The Morgan fingerprint density at radius 2 is 1.76 bits per heavy atom. The minimum atomic E-state index is 0.540. The molecule has 1 fully saturated rings. The molecule has 1 heterocycles. The van der Waals surface area contributed by atoms with E-state index in [0.29, 0.717) is 11.9 Å². The Kier molecular flexibility index (Phi) is 3.50. The van der Waals surface area contributed by atoms with Gasteiger partial charge >= 0.3 is 0 Å². The van der Waals surface area contributed by atoms with Crippen LogP contribution in [-0.2, 0) is 0 Å². The molecule has 3 N–H and O–H groups in total. The van der Waals surface area contributed by atoms with Gasteiger partial charge in [0.15, 0.2) is 0 Å². The maximum absolute atomic E-state index is 5.86. The van der Waals surface area contributed by atoms with Crippen molar-refractivity contribution in [2.24, 2.45) is 5.92 Å². The molecule has 17 heavy (non-hydrogen) atoms. The number of nitrogen functional groups attached to an aromatic ring is 1. The number of aromatic nitrogens is 2. The van der Waals surface area contributed by atoms with Crippen molar-refractivity contribution in [1.82, 2.24) is 9.97 Å². The summed E-state index contributed by atoms with van der Waals surface area (Å²) in [7, 11) is 0. The number of hydrogen-bond acceptors (Lipinski definition) is 4. The quantitative estimate of drug-likeness (QED) is 0.825. The summed E-state index contributed by atoms with van der Waals surface area (Å²) in [6.07, 6.45) is 5.06. The van der Waals surface area contributed by atoms with Crippen molar-refractivity contribution in [3.8, 4) is 0 Å². The highest BCUT2D eigenvalue weighted by atomic mass is 15.1. The number of aryl methyl sites for hydroxylation is 1. The van der Waals surface area contributed by atoms with E-state index in [0.717, 1.165) is 23.1 Å². The molecule has 0 aromatic carbocycles. The van der Waals surface area contributed by atoms with E-state index in [-0.39, 0.29) is 0 Å². The average molecular weight is 234 g/mol. The summed E-state index contributed by atoms with van der Waals surface area (Å²) in [5, 5.41) is 3.52.